The van der Waals surface area contributed by atoms with Crippen LogP contribution in [0.15, 0.2) is 28.8 Å². The number of rotatable bonds is 6. The van der Waals surface area contributed by atoms with Crippen molar-refractivity contribution in [1.29, 1.82) is 0 Å². The van der Waals surface area contributed by atoms with Gasteiger partial charge in [-0.25, -0.2) is 4.39 Å². The molecule has 5 nitrogen and oxygen atoms in total. The summed E-state index contributed by atoms with van der Waals surface area (Å²) in [5.41, 5.74) is 0.694. The van der Waals surface area contributed by atoms with Gasteiger partial charge in [-0.3, -0.25) is 4.79 Å². The number of carbonyl (C=O) groups excluding carboxylic acids is 1. The molecular formula is C16H19FN2O3. The van der Waals surface area contributed by atoms with Gasteiger partial charge in [-0.05, 0) is 25.0 Å². The van der Waals surface area contributed by atoms with Gasteiger partial charge in [0.05, 0.1) is 5.56 Å². The Balaban J connectivity index is 2.09. The van der Waals surface area contributed by atoms with E-state index in [4.69, 9.17) is 9.26 Å². The van der Waals surface area contributed by atoms with Gasteiger partial charge in [-0.15, -0.1) is 0 Å². The number of nitrogens with zero attached hydrogens (tertiary/aromatic N) is 1. The summed E-state index contributed by atoms with van der Waals surface area (Å²) in [6.45, 7) is 6.23. The van der Waals surface area contributed by atoms with Crippen molar-refractivity contribution in [2.75, 3.05) is 6.54 Å². The molecule has 1 aromatic heterocycles. The molecule has 0 spiro atoms. The van der Waals surface area contributed by atoms with Crippen molar-refractivity contribution in [2.45, 2.75) is 27.4 Å². The number of para-hydroxylation sites is 1. The smallest absolute Gasteiger partial charge is 0.273 e. The first kappa shape index (κ1) is 16.0. The molecule has 0 atom stereocenters. The number of hydrogen-bond donors (Lipinski definition) is 1. The lowest BCUT2D eigenvalue weighted by Gasteiger charge is -2.09. The molecule has 2 rings (SSSR count). The van der Waals surface area contributed by atoms with Gasteiger partial charge in [-0.1, -0.05) is 31.1 Å². The summed E-state index contributed by atoms with van der Waals surface area (Å²) in [4.78, 5) is 12.1. The van der Waals surface area contributed by atoms with Gasteiger partial charge in [0.1, 0.15) is 12.4 Å². The lowest BCUT2D eigenvalue weighted by molar-refractivity contribution is 0.0937. The quantitative estimate of drug-likeness (QED) is 0.890. The van der Waals surface area contributed by atoms with Crippen molar-refractivity contribution in [2.24, 2.45) is 5.92 Å². The highest BCUT2D eigenvalue weighted by molar-refractivity contribution is 5.93. The van der Waals surface area contributed by atoms with E-state index >= 15 is 0 Å². The van der Waals surface area contributed by atoms with E-state index < -0.39 is 5.82 Å². The van der Waals surface area contributed by atoms with Gasteiger partial charge in [-0.2, -0.15) is 0 Å². The molecule has 0 saturated carbocycles. The molecule has 118 valence electrons. The van der Waals surface area contributed by atoms with Crippen LogP contribution < -0.4 is 10.1 Å². The fourth-order valence-electron chi connectivity index (χ4n) is 1.83. The Morgan fingerprint density at radius 2 is 2.14 bits per heavy atom. The van der Waals surface area contributed by atoms with Crippen LogP contribution in [-0.2, 0) is 6.61 Å². The maximum Gasteiger partial charge on any atom is 0.273 e. The number of aryl methyl sites for hydroxylation is 1. The molecule has 2 aromatic rings. The Morgan fingerprint density at radius 1 is 1.41 bits per heavy atom. The molecule has 0 aliphatic carbocycles. The molecule has 1 N–H and O–H groups in total. The Hall–Kier alpha value is -2.37. The zero-order valence-electron chi connectivity index (χ0n) is 12.9. The van der Waals surface area contributed by atoms with Crippen molar-refractivity contribution >= 4 is 5.91 Å². The van der Waals surface area contributed by atoms with Crippen LogP contribution in [0.25, 0.3) is 0 Å². The zero-order valence-corrected chi connectivity index (χ0v) is 12.9. The second-order valence-corrected chi connectivity index (χ2v) is 5.39. The maximum atomic E-state index is 13.5. The van der Waals surface area contributed by atoms with Gasteiger partial charge in [0.15, 0.2) is 17.3 Å². The summed E-state index contributed by atoms with van der Waals surface area (Å²) < 4.78 is 24.0. The molecule has 0 saturated heterocycles. The number of benzene rings is 1. The van der Waals surface area contributed by atoms with Crippen LogP contribution in [0.2, 0.25) is 0 Å². The molecule has 1 aromatic carbocycles. The molecule has 0 unspecified atom stereocenters. The molecule has 0 aliphatic heterocycles. The number of amides is 1. The fourth-order valence-corrected chi connectivity index (χ4v) is 1.83. The first-order chi connectivity index (χ1) is 10.5. The third-order valence-corrected chi connectivity index (χ3v) is 3.08. The van der Waals surface area contributed by atoms with Gasteiger partial charge in [0.2, 0.25) is 0 Å². The van der Waals surface area contributed by atoms with Crippen molar-refractivity contribution in [3.8, 4) is 5.75 Å². The van der Waals surface area contributed by atoms with Crippen LogP contribution in [0.4, 0.5) is 4.39 Å². The van der Waals surface area contributed by atoms with Gasteiger partial charge in [0.25, 0.3) is 5.91 Å². The standard InChI is InChI=1S/C16H19FN2O3/c1-10(2)8-18-16(20)15-12(11(3)22-19-15)9-21-14-7-5-4-6-13(14)17/h4-7,10H,8-9H2,1-3H3,(H,18,20). The van der Waals surface area contributed by atoms with Crippen molar-refractivity contribution in [3.63, 3.8) is 0 Å². The molecule has 0 bridgehead atoms. The van der Waals surface area contributed by atoms with E-state index in [1.54, 1.807) is 19.1 Å². The number of halogens is 1. The first-order valence-corrected chi connectivity index (χ1v) is 7.09. The first-order valence-electron chi connectivity index (χ1n) is 7.09. The Labute approximate surface area is 128 Å². The molecule has 1 heterocycles. The Morgan fingerprint density at radius 3 is 2.82 bits per heavy atom. The highest BCUT2D eigenvalue weighted by Crippen LogP contribution is 2.20. The maximum absolute atomic E-state index is 13.5. The Bertz CT molecular complexity index is 653. The minimum Gasteiger partial charge on any atom is -0.486 e. The average Bonchev–Trinajstić information content (AvgIpc) is 2.85. The van der Waals surface area contributed by atoms with E-state index in [-0.39, 0.29) is 24.0 Å². The summed E-state index contributed by atoms with van der Waals surface area (Å²) in [5, 5.41) is 6.54. The SMILES string of the molecule is Cc1onc(C(=O)NCC(C)C)c1COc1ccccc1F. The second-order valence-electron chi connectivity index (χ2n) is 5.39. The van der Waals surface area contributed by atoms with Crippen molar-refractivity contribution in [1.82, 2.24) is 10.5 Å². The minimum absolute atomic E-state index is 0.0146. The summed E-state index contributed by atoms with van der Waals surface area (Å²) in [6, 6.07) is 6.09. The summed E-state index contributed by atoms with van der Waals surface area (Å²) in [7, 11) is 0. The van der Waals surface area contributed by atoms with E-state index in [2.05, 4.69) is 10.5 Å². The summed E-state index contributed by atoms with van der Waals surface area (Å²) in [6.07, 6.45) is 0. The molecular weight excluding hydrogens is 287 g/mol. The lowest BCUT2D eigenvalue weighted by Crippen LogP contribution is -2.28. The van der Waals surface area contributed by atoms with E-state index in [0.717, 1.165) is 0 Å². The third kappa shape index (κ3) is 3.84. The number of nitrogens with one attached hydrogen (secondary N) is 1. The molecule has 0 radical (unpaired) electrons. The van der Waals surface area contributed by atoms with Crippen LogP contribution in [0.5, 0.6) is 5.75 Å². The summed E-state index contributed by atoms with van der Waals surface area (Å²) >= 11 is 0. The van der Waals surface area contributed by atoms with Gasteiger partial charge < -0.3 is 14.6 Å². The summed E-state index contributed by atoms with van der Waals surface area (Å²) in [5.74, 6) is 0.151. The largest absolute Gasteiger partial charge is 0.486 e. The van der Waals surface area contributed by atoms with Crippen LogP contribution in [0, 0.1) is 18.7 Å². The van der Waals surface area contributed by atoms with Crippen LogP contribution in [-0.4, -0.2) is 17.6 Å². The number of aromatic nitrogens is 1. The molecule has 6 heteroatoms. The normalized spacial score (nSPS) is 10.8. The monoisotopic (exact) mass is 306 g/mol. The predicted octanol–water partition coefficient (Wildman–Crippen LogP) is 3.09. The highest BCUT2D eigenvalue weighted by Gasteiger charge is 2.20. The van der Waals surface area contributed by atoms with Crippen LogP contribution in [0.1, 0.15) is 35.7 Å². The van der Waals surface area contributed by atoms with Crippen molar-refractivity contribution in [3.05, 3.63) is 47.1 Å². The Kier molecular flexibility index (Phi) is 5.14. The van der Waals surface area contributed by atoms with Gasteiger partial charge in [0, 0.05) is 6.54 Å². The second kappa shape index (κ2) is 7.06. The predicted molar refractivity (Wildman–Crippen MR) is 79.1 cm³/mol. The number of hydrogen-bond acceptors (Lipinski definition) is 4. The van der Waals surface area contributed by atoms with Crippen molar-refractivity contribution < 1.29 is 18.4 Å². The lowest BCUT2D eigenvalue weighted by atomic mass is 10.2. The highest BCUT2D eigenvalue weighted by atomic mass is 19.1. The third-order valence-electron chi connectivity index (χ3n) is 3.08. The molecule has 22 heavy (non-hydrogen) atoms. The molecule has 0 fully saturated rings. The van der Waals surface area contributed by atoms with E-state index in [9.17, 15) is 9.18 Å². The number of ether oxygens (including phenoxy) is 1. The minimum atomic E-state index is -0.456. The molecule has 1 amide bonds. The number of carbonyl (C=O) groups is 1. The topological polar surface area (TPSA) is 64.4 Å². The zero-order chi connectivity index (χ0) is 16.1. The van der Waals surface area contributed by atoms with Crippen LogP contribution in [0.3, 0.4) is 0 Å². The molecule has 0 aliphatic rings. The average molecular weight is 306 g/mol. The van der Waals surface area contributed by atoms with Crippen LogP contribution >= 0.6 is 0 Å². The van der Waals surface area contributed by atoms with Gasteiger partial charge >= 0.3 is 0 Å². The van der Waals surface area contributed by atoms with E-state index in [0.29, 0.717) is 23.8 Å². The fraction of sp³-hybridized carbons (Fsp3) is 0.375. The van der Waals surface area contributed by atoms with E-state index in [1.165, 1.54) is 12.1 Å². The van der Waals surface area contributed by atoms with E-state index in [1.807, 2.05) is 13.8 Å².